The van der Waals surface area contributed by atoms with Crippen LogP contribution < -0.4 is 5.32 Å². The number of rotatable bonds is 4. The minimum Gasteiger partial charge on any atom is -0.348 e. The van der Waals surface area contributed by atoms with E-state index in [9.17, 15) is 4.79 Å². The first-order valence-corrected chi connectivity index (χ1v) is 7.21. The Morgan fingerprint density at radius 1 is 1.37 bits per heavy atom. The number of hydrogen-bond donors (Lipinski definition) is 1. The second kappa shape index (κ2) is 5.97. The van der Waals surface area contributed by atoms with Crippen molar-refractivity contribution in [3.63, 3.8) is 0 Å². The van der Waals surface area contributed by atoms with Crippen LogP contribution in [0, 0.1) is 13.8 Å². The Hall–Kier alpha value is -1.68. The Morgan fingerprint density at radius 3 is 2.74 bits per heavy atom. The van der Waals surface area contributed by atoms with Crippen molar-refractivity contribution < 1.29 is 4.79 Å². The Bertz CT molecular complexity index is 577. The average molecular weight is 274 g/mol. The van der Waals surface area contributed by atoms with Crippen LogP contribution in [0.4, 0.5) is 0 Å². The molecule has 0 saturated heterocycles. The monoisotopic (exact) mass is 274 g/mol. The third-order valence-electron chi connectivity index (χ3n) is 3.12. The van der Waals surface area contributed by atoms with Crippen LogP contribution in [0.3, 0.4) is 0 Å². The molecule has 0 aliphatic rings. The summed E-state index contributed by atoms with van der Waals surface area (Å²) in [6, 6.07) is 8.37. The van der Waals surface area contributed by atoms with Gasteiger partial charge in [0.25, 0.3) is 5.91 Å². The molecule has 4 heteroatoms. The summed E-state index contributed by atoms with van der Waals surface area (Å²) in [6.07, 6.45) is 0.844. The minimum atomic E-state index is -0.0268. The third-order valence-corrected chi connectivity index (χ3v) is 4.04. The number of nitrogens with zero attached hydrogens (tertiary/aromatic N) is 1. The number of nitrogens with one attached hydrogen (secondary N) is 1. The van der Waals surface area contributed by atoms with Crippen molar-refractivity contribution in [2.45, 2.75) is 33.2 Å². The molecule has 1 N–H and O–H groups in total. The van der Waals surface area contributed by atoms with E-state index in [-0.39, 0.29) is 11.9 Å². The van der Waals surface area contributed by atoms with E-state index in [0.717, 1.165) is 12.1 Å². The number of thiazole rings is 1. The number of benzene rings is 1. The van der Waals surface area contributed by atoms with Gasteiger partial charge in [-0.05, 0) is 38.3 Å². The summed E-state index contributed by atoms with van der Waals surface area (Å²) in [6.45, 7) is 5.98. The van der Waals surface area contributed by atoms with Gasteiger partial charge >= 0.3 is 0 Å². The van der Waals surface area contributed by atoms with E-state index in [1.54, 1.807) is 5.51 Å². The standard InChI is InChI=1S/C15H18N2OS/c1-10-6-4-5-7-13(10)8-11(2)17-15(18)14-12(3)16-9-19-14/h4-7,9,11H,8H2,1-3H3,(H,17,18)/t11-/m1/s1. The lowest BCUT2D eigenvalue weighted by Gasteiger charge is -2.15. The molecular weight excluding hydrogens is 256 g/mol. The predicted octanol–water partition coefficient (Wildman–Crippen LogP) is 3.12. The summed E-state index contributed by atoms with van der Waals surface area (Å²) in [7, 11) is 0. The number of aryl methyl sites for hydroxylation is 2. The van der Waals surface area contributed by atoms with Crippen molar-refractivity contribution in [1.29, 1.82) is 0 Å². The molecule has 0 spiro atoms. The molecule has 0 unspecified atom stereocenters. The quantitative estimate of drug-likeness (QED) is 0.930. The maximum absolute atomic E-state index is 12.1. The summed E-state index contributed by atoms with van der Waals surface area (Å²) in [4.78, 5) is 16.9. The van der Waals surface area contributed by atoms with E-state index < -0.39 is 0 Å². The van der Waals surface area contributed by atoms with Gasteiger partial charge in [0.05, 0.1) is 11.2 Å². The van der Waals surface area contributed by atoms with Gasteiger partial charge in [-0.2, -0.15) is 0 Å². The molecule has 3 nitrogen and oxygen atoms in total. The summed E-state index contributed by atoms with van der Waals surface area (Å²) in [5.41, 5.74) is 5.04. The smallest absolute Gasteiger partial charge is 0.263 e. The van der Waals surface area contributed by atoms with Gasteiger partial charge in [0.15, 0.2) is 0 Å². The van der Waals surface area contributed by atoms with Crippen LogP contribution in [0.15, 0.2) is 29.8 Å². The maximum Gasteiger partial charge on any atom is 0.263 e. The van der Waals surface area contributed by atoms with Crippen LogP contribution in [0.5, 0.6) is 0 Å². The topological polar surface area (TPSA) is 42.0 Å². The van der Waals surface area contributed by atoms with Crippen LogP contribution in [0.2, 0.25) is 0 Å². The lowest BCUT2D eigenvalue weighted by Crippen LogP contribution is -2.34. The van der Waals surface area contributed by atoms with Gasteiger partial charge in [-0.15, -0.1) is 11.3 Å². The van der Waals surface area contributed by atoms with Crippen molar-refractivity contribution in [1.82, 2.24) is 10.3 Å². The lowest BCUT2D eigenvalue weighted by molar-refractivity contribution is 0.0943. The van der Waals surface area contributed by atoms with Crippen molar-refractivity contribution >= 4 is 17.2 Å². The highest BCUT2D eigenvalue weighted by atomic mass is 32.1. The fraction of sp³-hybridized carbons (Fsp3) is 0.333. The van der Waals surface area contributed by atoms with Crippen molar-refractivity contribution in [2.75, 3.05) is 0 Å². The van der Waals surface area contributed by atoms with E-state index in [2.05, 4.69) is 29.4 Å². The van der Waals surface area contributed by atoms with Crippen LogP contribution in [-0.4, -0.2) is 16.9 Å². The summed E-state index contributed by atoms with van der Waals surface area (Å²) in [5.74, 6) is -0.0268. The highest BCUT2D eigenvalue weighted by molar-refractivity contribution is 7.11. The molecule has 1 heterocycles. The zero-order valence-electron chi connectivity index (χ0n) is 11.4. The summed E-state index contributed by atoms with van der Waals surface area (Å²) < 4.78 is 0. The first-order chi connectivity index (χ1) is 9.08. The fourth-order valence-electron chi connectivity index (χ4n) is 2.03. The van der Waals surface area contributed by atoms with Gasteiger partial charge < -0.3 is 5.32 Å². The molecule has 1 aromatic carbocycles. The molecule has 19 heavy (non-hydrogen) atoms. The molecule has 0 aliphatic heterocycles. The van der Waals surface area contributed by atoms with Gasteiger partial charge in [0.1, 0.15) is 4.88 Å². The maximum atomic E-state index is 12.1. The molecule has 100 valence electrons. The molecule has 1 atom stereocenters. The van der Waals surface area contributed by atoms with Gasteiger partial charge in [-0.3, -0.25) is 4.79 Å². The van der Waals surface area contributed by atoms with E-state index in [1.165, 1.54) is 22.5 Å². The number of carbonyl (C=O) groups is 1. The Balaban J connectivity index is 1.99. The predicted molar refractivity (Wildman–Crippen MR) is 78.7 cm³/mol. The van der Waals surface area contributed by atoms with Gasteiger partial charge in [0.2, 0.25) is 0 Å². The first kappa shape index (κ1) is 13.7. The minimum absolute atomic E-state index is 0.0268. The van der Waals surface area contributed by atoms with Crippen LogP contribution in [0.1, 0.15) is 33.4 Å². The largest absolute Gasteiger partial charge is 0.348 e. The zero-order valence-corrected chi connectivity index (χ0v) is 12.3. The van der Waals surface area contributed by atoms with E-state index in [0.29, 0.717) is 4.88 Å². The molecule has 0 saturated carbocycles. The van der Waals surface area contributed by atoms with E-state index in [1.807, 2.05) is 26.0 Å². The normalized spacial score (nSPS) is 12.2. The molecule has 1 aromatic heterocycles. The van der Waals surface area contributed by atoms with Gasteiger partial charge in [0, 0.05) is 6.04 Å². The molecule has 0 fully saturated rings. The second-order valence-corrected chi connectivity index (χ2v) is 5.63. The van der Waals surface area contributed by atoms with Crippen molar-refractivity contribution in [2.24, 2.45) is 0 Å². The number of carbonyl (C=O) groups excluding carboxylic acids is 1. The van der Waals surface area contributed by atoms with E-state index in [4.69, 9.17) is 0 Å². The first-order valence-electron chi connectivity index (χ1n) is 6.33. The zero-order chi connectivity index (χ0) is 13.8. The Morgan fingerprint density at radius 2 is 2.11 bits per heavy atom. The van der Waals surface area contributed by atoms with E-state index >= 15 is 0 Å². The number of hydrogen-bond acceptors (Lipinski definition) is 3. The van der Waals surface area contributed by atoms with Gasteiger partial charge in [-0.1, -0.05) is 24.3 Å². The van der Waals surface area contributed by atoms with Crippen LogP contribution in [0.25, 0.3) is 0 Å². The summed E-state index contributed by atoms with van der Waals surface area (Å²) >= 11 is 1.39. The van der Waals surface area contributed by atoms with Gasteiger partial charge in [-0.25, -0.2) is 4.98 Å². The number of amides is 1. The number of aromatic nitrogens is 1. The fourth-order valence-corrected chi connectivity index (χ4v) is 2.73. The lowest BCUT2D eigenvalue weighted by atomic mass is 10.0. The molecule has 2 aromatic rings. The van der Waals surface area contributed by atoms with Crippen molar-refractivity contribution in [3.05, 3.63) is 51.5 Å². The Kier molecular flexibility index (Phi) is 4.32. The average Bonchev–Trinajstić information content (AvgIpc) is 2.78. The Labute approximate surface area is 117 Å². The molecule has 2 rings (SSSR count). The van der Waals surface area contributed by atoms with Crippen LogP contribution >= 0.6 is 11.3 Å². The molecule has 0 aliphatic carbocycles. The SMILES string of the molecule is Cc1ccccc1C[C@@H](C)NC(=O)c1scnc1C. The van der Waals surface area contributed by atoms with Crippen molar-refractivity contribution in [3.8, 4) is 0 Å². The second-order valence-electron chi connectivity index (χ2n) is 4.77. The molecule has 0 bridgehead atoms. The summed E-state index contributed by atoms with van der Waals surface area (Å²) in [5, 5.41) is 3.03. The molecule has 1 amide bonds. The highest BCUT2D eigenvalue weighted by Gasteiger charge is 2.14. The highest BCUT2D eigenvalue weighted by Crippen LogP contribution is 2.13. The third kappa shape index (κ3) is 3.41. The molecule has 0 radical (unpaired) electrons. The van der Waals surface area contributed by atoms with Crippen LogP contribution in [-0.2, 0) is 6.42 Å². The molecular formula is C15H18N2OS.